The fourth-order valence-electron chi connectivity index (χ4n) is 2.10. The Morgan fingerprint density at radius 1 is 1.38 bits per heavy atom. The third-order valence-electron chi connectivity index (χ3n) is 3.04. The normalized spacial score (nSPS) is 11.1. The molecule has 2 aromatic rings. The van der Waals surface area contributed by atoms with Gasteiger partial charge in [-0.15, -0.1) is 0 Å². The number of hydrogen-bond donors (Lipinski definition) is 1. The van der Waals surface area contributed by atoms with Gasteiger partial charge in [-0.3, -0.25) is 0 Å². The molecule has 0 amide bonds. The van der Waals surface area contributed by atoms with Gasteiger partial charge in [0.15, 0.2) is 5.82 Å². The van der Waals surface area contributed by atoms with Gasteiger partial charge < -0.3 is 10.5 Å². The van der Waals surface area contributed by atoms with Crippen LogP contribution in [0.2, 0.25) is 0 Å². The van der Waals surface area contributed by atoms with Crippen molar-refractivity contribution in [1.82, 2.24) is 14.8 Å². The Morgan fingerprint density at radius 3 is 2.90 bits per heavy atom. The molecule has 114 valence electrons. The second kappa shape index (κ2) is 7.56. The van der Waals surface area contributed by atoms with Gasteiger partial charge in [-0.1, -0.05) is 26.0 Å². The van der Waals surface area contributed by atoms with Crippen LogP contribution < -0.4 is 10.5 Å². The Kier molecular flexibility index (Phi) is 5.76. The lowest BCUT2D eigenvalue weighted by atomic mass is 10.1. The van der Waals surface area contributed by atoms with Crippen molar-refractivity contribution in [2.24, 2.45) is 11.7 Å². The van der Waals surface area contributed by atoms with E-state index in [0.717, 1.165) is 34.6 Å². The summed E-state index contributed by atoms with van der Waals surface area (Å²) in [6.07, 6.45) is 2.36. The van der Waals surface area contributed by atoms with Crippen LogP contribution in [-0.2, 0) is 19.6 Å². The van der Waals surface area contributed by atoms with E-state index in [1.54, 1.807) is 6.33 Å². The van der Waals surface area contributed by atoms with E-state index in [1.807, 2.05) is 22.9 Å². The minimum Gasteiger partial charge on any atom is -0.484 e. The Hall–Kier alpha value is -1.40. The molecule has 2 N–H and O–H groups in total. The molecule has 0 saturated heterocycles. The average Bonchev–Trinajstić information content (AvgIpc) is 2.85. The van der Waals surface area contributed by atoms with Gasteiger partial charge in [0, 0.05) is 6.54 Å². The first-order valence-electron chi connectivity index (χ1n) is 7.08. The monoisotopic (exact) mass is 352 g/mol. The summed E-state index contributed by atoms with van der Waals surface area (Å²) in [6, 6.07) is 5.99. The zero-order valence-corrected chi connectivity index (χ0v) is 14.0. The standard InChI is InChI=1S/C15H21BrN4O/c1-11(2)8-20-14(18-10-19-20)9-21-15-12(6-7-17)4-3-5-13(15)16/h3-5,10-11H,6-9,17H2,1-2H3. The van der Waals surface area contributed by atoms with E-state index >= 15 is 0 Å². The SMILES string of the molecule is CC(C)Cn1ncnc1COc1c(Br)cccc1CCN. The third kappa shape index (κ3) is 4.28. The highest BCUT2D eigenvalue weighted by molar-refractivity contribution is 9.10. The first kappa shape index (κ1) is 16.0. The van der Waals surface area contributed by atoms with E-state index in [0.29, 0.717) is 19.1 Å². The maximum Gasteiger partial charge on any atom is 0.164 e. The number of para-hydroxylation sites is 1. The lowest BCUT2D eigenvalue weighted by Gasteiger charge is -2.14. The van der Waals surface area contributed by atoms with Crippen LogP contribution in [-0.4, -0.2) is 21.3 Å². The van der Waals surface area contributed by atoms with Gasteiger partial charge in [-0.2, -0.15) is 5.10 Å². The summed E-state index contributed by atoms with van der Waals surface area (Å²) < 4.78 is 8.79. The molecule has 0 atom stereocenters. The highest BCUT2D eigenvalue weighted by Crippen LogP contribution is 2.30. The minimum atomic E-state index is 0.396. The number of ether oxygens (including phenoxy) is 1. The topological polar surface area (TPSA) is 66.0 Å². The van der Waals surface area contributed by atoms with Gasteiger partial charge >= 0.3 is 0 Å². The molecule has 0 radical (unpaired) electrons. The molecule has 1 heterocycles. The van der Waals surface area contributed by atoms with Crippen LogP contribution >= 0.6 is 15.9 Å². The Bertz CT molecular complexity index is 583. The molecular formula is C15H21BrN4O. The van der Waals surface area contributed by atoms with Crippen LogP contribution in [0.4, 0.5) is 0 Å². The quantitative estimate of drug-likeness (QED) is 0.831. The van der Waals surface area contributed by atoms with E-state index in [-0.39, 0.29) is 0 Å². The van der Waals surface area contributed by atoms with E-state index < -0.39 is 0 Å². The lowest BCUT2D eigenvalue weighted by Crippen LogP contribution is -2.13. The van der Waals surface area contributed by atoms with Gasteiger partial charge in [-0.25, -0.2) is 9.67 Å². The number of hydrogen-bond acceptors (Lipinski definition) is 4. The van der Waals surface area contributed by atoms with Crippen molar-refractivity contribution in [2.45, 2.75) is 33.4 Å². The van der Waals surface area contributed by atoms with Gasteiger partial charge in [-0.05, 0) is 46.4 Å². The first-order chi connectivity index (χ1) is 10.1. The van der Waals surface area contributed by atoms with Crippen LogP contribution in [0.25, 0.3) is 0 Å². The smallest absolute Gasteiger partial charge is 0.164 e. The van der Waals surface area contributed by atoms with Crippen molar-refractivity contribution in [1.29, 1.82) is 0 Å². The van der Waals surface area contributed by atoms with Crippen molar-refractivity contribution in [3.63, 3.8) is 0 Å². The molecule has 0 spiro atoms. The second-order valence-electron chi connectivity index (χ2n) is 5.31. The van der Waals surface area contributed by atoms with E-state index in [2.05, 4.69) is 39.9 Å². The van der Waals surface area contributed by atoms with E-state index in [4.69, 9.17) is 10.5 Å². The minimum absolute atomic E-state index is 0.396. The molecular weight excluding hydrogens is 332 g/mol. The third-order valence-corrected chi connectivity index (χ3v) is 3.67. The Labute approximate surface area is 133 Å². The van der Waals surface area contributed by atoms with Gasteiger partial charge in [0.05, 0.1) is 4.47 Å². The maximum absolute atomic E-state index is 5.96. The first-order valence-corrected chi connectivity index (χ1v) is 7.88. The summed E-state index contributed by atoms with van der Waals surface area (Å²) in [7, 11) is 0. The summed E-state index contributed by atoms with van der Waals surface area (Å²) in [5.74, 6) is 2.18. The maximum atomic E-state index is 5.96. The number of nitrogens with two attached hydrogens (primary N) is 1. The van der Waals surface area contributed by atoms with Crippen LogP contribution in [0.15, 0.2) is 29.0 Å². The Morgan fingerprint density at radius 2 is 2.19 bits per heavy atom. The lowest BCUT2D eigenvalue weighted by molar-refractivity contribution is 0.278. The molecule has 0 fully saturated rings. The van der Waals surface area contributed by atoms with Crippen LogP contribution in [0.1, 0.15) is 25.2 Å². The molecule has 0 unspecified atom stereocenters. The van der Waals surface area contributed by atoms with Gasteiger partial charge in [0.25, 0.3) is 0 Å². The van der Waals surface area contributed by atoms with Crippen molar-refractivity contribution in [2.75, 3.05) is 6.54 Å². The number of halogens is 1. The molecule has 0 bridgehead atoms. The fourth-order valence-corrected chi connectivity index (χ4v) is 2.62. The number of nitrogens with zero attached hydrogens (tertiary/aromatic N) is 3. The van der Waals surface area contributed by atoms with Crippen molar-refractivity contribution < 1.29 is 4.74 Å². The predicted molar refractivity (Wildman–Crippen MR) is 86.1 cm³/mol. The number of benzene rings is 1. The van der Waals surface area contributed by atoms with Crippen LogP contribution in [0, 0.1) is 5.92 Å². The summed E-state index contributed by atoms with van der Waals surface area (Å²) >= 11 is 3.53. The molecule has 6 heteroatoms. The van der Waals surface area contributed by atoms with Gasteiger partial charge in [0.2, 0.25) is 0 Å². The molecule has 21 heavy (non-hydrogen) atoms. The van der Waals surface area contributed by atoms with Crippen molar-refractivity contribution in [3.05, 3.63) is 40.4 Å². The Balaban J connectivity index is 2.11. The zero-order valence-electron chi connectivity index (χ0n) is 12.4. The highest BCUT2D eigenvalue weighted by Gasteiger charge is 2.11. The molecule has 1 aromatic heterocycles. The summed E-state index contributed by atoms with van der Waals surface area (Å²) in [6.45, 7) is 6.13. The molecule has 2 rings (SSSR count). The van der Waals surface area contributed by atoms with E-state index in [9.17, 15) is 0 Å². The van der Waals surface area contributed by atoms with Gasteiger partial charge in [0.1, 0.15) is 18.7 Å². The van der Waals surface area contributed by atoms with Crippen molar-refractivity contribution >= 4 is 15.9 Å². The molecule has 5 nitrogen and oxygen atoms in total. The second-order valence-corrected chi connectivity index (χ2v) is 6.16. The fraction of sp³-hybridized carbons (Fsp3) is 0.467. The predicted octanol–water partition coefficient (Wildman–Crippen LogP) is 2.78. The molecule has 1 aromatic carbocycles. The van der Waals surface area contributed by atoms with Crippen LogP contribution in [0.5, 0.6) is 5.75 Å². The summed E-state index contributed by atoms with van der Waals surface area (Å²) in [5, 5.41) is 4.24. The molecule has 0 aliphatic heterocycles. The zero-order chi connectivity index (χ0) is 15.2. The summed E-state index contributed by atoms with van der Waals surface area (Å²) in [4.78, 5) is 4.28. The summed E-state index contributed by atoms with van der Waals surface area (Å²) in [5.41, 5.74) is 6.75. The van der Waals surface area contributed by atoms with Crippen molar-refractivity contribution in [3.8, 4) is 5.75 Å². The highest BCUT2D eigenvalue weighted by atomic mass is 79.9. The van der Waals surface area contributed by atoms with Crippen LogP contribution in [0.3, 0.4) is 0 Å². The molecule has 0 saturated carbocycles. The molecule has 0 aliphatic carbocycles. The number of rotatable bonds is 7. The molecule has 0 aliphatic rings. The largest absolute Gasteiger partial charge is 0.484 e. The average molecular weight is 353 g/mol. The number of aromatic nitrogens is 3. The van der Waals surface area contributed by atoms with E-state index in [1.165, 1.54) is 0 Å².